The van der Waals surface area contributed by atoms with Crippen molar-refractivity contribution in [3.8, 4) is 0 Å². The van der Waals surface area contributed by atoms with Gasteiger partial charge in [-0.2, -0.15) is 0 Å². The van der Waals surface area contributed by atoms with Gasteiger partial charge < -0.3 is 14.7 Å². The molecule has 0 atom stereocenters. The Bertz CT molecular complexity index is 449. The molecule has 0 bridgehead atoms. The lowest BCUT2D eigenvalue weighted by atomic mass is 10.1. The minimum absolute atomic E-state index is 0.185. The maximum atomic E-state index is 11.5. The van der Waals surface area contributed by atoms with Crippen LogP contribution >= 0.6 is 11.8 Å². The predicted octanol–water partition coefficient (Wildman–Crippen LogP) is 3.36. The number of anilines is 1. The van der Waals surface area contributed by atoms with Crippen LogP contribution in [0.2, 0.25) is 0 Å². The van der Waals surface area contributed by atoms with Gasteiger partial charge in [0, 0.05) is 18.5 Å². The summed E-state index contributed by atoms with van der Waals surface area (Å²) < 4.78 is 5.52. The SMILES string of the molecule is CCSc1cccc(N(C)CCOC(C)C)c1C(=O)O. The molecule has 0 saturated heterocycles. The zero-order valence-electron chi connectivity index (χ0n) is 12.5. The van der Waals surface area contributed by atoms with E-state index >= 15 is 0 Å². The molecule has 0 unspecified atom stereocenters. The fraction of sp³-hybridized carbons (Fsp3) is 0.533. The predicted molar refractivity (Wildman–Crippen MR) is 84.2 cm³/mol. The summed E-state index contributed by atoms with van der Waals surface area (Å²) in [4.78, 5) is 14.3. The third kappa shape index (κ3) is 4.72. The third-order valence-corrected chi connectivity index (χ3v) is 3.75. The first-order chi connectivity index (χ1) is 9.47. The lowest BCUT2D eigenvalue weighted by Gasteiger charge is -2.23. The number of carboxylic acid groups (broad SMARTS) is 1. The van der Waals surface area contributed by atoms with Gasteiger partial charge in [0.15, 0.2) is 0 Å². The monoisotopic (exact) mass is 297 g/mol. The van der Waals surface area contributed by atoms with E-state index in [4.69, 9.17) is 4.74 Å². The van der Waals surface area contributed by atoms with Crippen molar-refractivity contribution >= 4 is 23.4 Å². The van der Waals surface area contributed by atoms with Gasteiger partial charge >= 0.3 is 5.97 Å². The first kappa shape index (κ1) is 16.9. The Labute approximate surface area is 125 Å². The highest BCUT2D eigenvalue weighted by Crippen LogP contribution is 2.30. The largest absolute Gasteiger partial charge is 0.478 e. The second-order valence-electron chi connectivity index (χ2n) is 4.73. The maximum Gasteiger partial charge on any atom is 0.338 e. The molecule has 0 fully saturated rings. The average Bonchev–Trinajstić information content (AvgIpc) is 2.38. The van der Waals surface area contributed by atoms with Gasteiger partial charge in [-0.1, -0.05) is 13.0 Å². The lowest BCUT2D eigenvalue weighted by Crippen LogP contribution is -2.25. The van der Waals surface area contributed by atoms with Crippen LogP contribution in [0.3, 0.4) is 0 Å². The van der Waals surface area contributed by atoms with E-state index in [9.17, 15) is 9.90 Å². The number of thioether (sulfide) groups is 1. The summed E-state index contributed by atoms with van der Waals surface area (Å²) in [6, 6.07) is 5.61. The van der Waals surface area contributed by atoms with Crippen LogP contribution in [0.1, 0.15) is 31.1 Å². The standard InChI is InChI=1S/C15H23NO3S/c1-5-20-13-8-6-7-12(14(13)15(17)18)16(4)9-10-19-11(2)3/h6-8,11H,5,9-10H2,1-4H3,(H,17,18). The van der Waals surface area contributed by atoms with Gasteiger partial charge in [-0.3, -0.25) is 0 Å². The lowest BCUT2D eigenvalue weighted by molar-refractivity contribution is 0.0692. The van der Waals surface area contributed by atoms with Crippen LogP contribution in [-0.4, -0.2) is 43.1 Å². The summed E-state index contributed by atoms with van der Waals surface area (Å²) in [5.74, 6) is -0.0302. The average molecular weight is 297 g/mol. The first-order valence-corrected chi connectivity index (χ1v) is 7.77. The topological polar surface area (TPSA) is 49.8 Å². The molecule has 0 aliphatic rings. The summed E-state index contributed by atoms with van der Waals surface area (Å²) in [6.45, 7) is 7.24. The second kappa shape index (κ2) is 8.17. The van der Waals surface area contributed by atoms with Crippen molar-refractivity contribution in [1.82, 2.24) is 0 Å². The molecule has 0 spiro atoms. The molecule has 1 rings (SSSR count). The van der Waals surface area contributed by atoms with Crippen LogP contribution < -0.4 is 4.90 Å². The molecule has 4 nitrogen and oxygen atoms in total. The Morgan fingerprint density at radius 1 is 1.45 bits per heavy atom. The molecule has 1 N–H and O–H groups in total. The Morgan fingerprint density at radius 2 is 2.15 bits per heavy atom. The minimum Gasteiger partial charge on any atom is -0.478 e. The van der Waals surface area contributed by atoms with Crippen LogP contribution in [0, 0.1) is 0 Å². The summed E-state index contributed by atoms with van der Waals surface area (Å²) >= 11 is 1.55. The molecule has 0 radical (unpaired) electrons. The van der Waals surface area contributed by atoms with E-state index in [1.807, 2.05) is 50.9 Å². The van der Waals surface area contributed by atoms with Crippen LogP contribution in [0.5, 0.6) is 0 Å². The maximum absolute atomic E-state index is 11.5. The Kier molecular flexibility index (Phi) is 6.88. The normalized spacial score (nSPS) is 10.8. The number of hydrogen-bond donors (Lipinski definition) is 1. The highest BCUT2D eigenvalue weighted by Gasteiger charge is 2.18. The van der Waals surface area contributed by atoms with Crippen molar-refractivity contribution in [3.63, 3.8) is 0 Å². The Hall–Kier alpha value is -1.20. The van der Waals surface area contributed by atoms with Crippen LogP contribution in [0.25, 0.3) is 0 Å². The summed E-state index contributed by atoms with van der Waals surface area (Å²) in [6.07, 6.45) is 0.185. The fourth-order valence-electron chi connectivity index (χ4n) is 1.87. The number of rotatable bonds is 8. The van der Waals surface area contributed by atoms with Crippen molar-refractivity contribution in [2.75, 3.05) is 30.9 Å². The van der Waals surface area contributed by atoms with Crippen molar-refractivity contribution in [2.24, 2.45) is 0 Å². The molecule has 0 heterocycles. The molecule has 112 valence electrons. The van der Waals surface area contributed by atoms with Crippen LogP contribution in [0.4, 0.5) is 5.69 Å². The zero-order chi connectivity index (χ0) is 15.1. The van der Waals surface area contributed by atoms with Gasteiger partial charge in [0.1, 0.15) is 0 Å². The molecule has 0 saturated carbocycles. The smallest absolute Gasteiger partial charge is 0.338 e. The van der Waals surface area contributed by atoms with Crippen molar-refractivity contribution in [2.45, 2.75) is 31.8 Å². The minimum atomic E-state index is -0.881. The van der Waals surface area contributed by atoms with Crippen LogP contribution in [-0.2, 0) is 4.74 Å². The van der Waals surface area contributed by atoms with E-state index in [0.717, 1.165) is 16.3 Å². The Morgan fingerprint density at radius 3 is 2.70 bits per heavy atom. The molecular weight excluding hydrogens is 274 g/mol. The van der Waals surface area contributed by atoms with Gasteiger partial charge in [-0.05, 0) is 31.7 Å². The number of ether oxygens (including phenoxy) is 1. The number of aromatic carboxylic acids is 1. The summed E-state index contributed by atoms with van der Waals surface area (Å²) in [5, 5.41) is 9.46. The van der Waals surface area contributed by atoms with Gasteiger partial charge in [-0.25, -0.2) is 4.79 Å². The molecule has 1 aromatic rings. The fourth-order valence-corrected chi connectivity index (χ4v) is 2.70. The van der Waals surface area contributed by atoms with E-state index < -0.39 is 5.97 Å². The molecular formula is C15H23NO3S. The molecule has 0 aliphatic carbocycles. The third-order valence-electron chi connectivity index (χ3n) is 2.81. The Balaban J connectivity index is 2.92. The van der Waals surface area contributed by atoms with Gasteiger partial charge in [0.05, 0.1) is 24.0 Å². The molecule has 0 amide bonds. The van der Waals surface area contributed by atoms with Gasteiger partial charge in [-0.15, -0.1) is 11.8 Å². The second-order valence-corrected chi connectivity index (χ2v) is 6.04. The molecule has 5 heteroatoms. The zero-order valence-corrected chi connectivity index (χ0v) is 13.4. The van der Waals surface area contributed by atoms with E-state index in [-0.39, 0.29) is 6.10 Å². The number of nitrogens with zero attached hydrogens (tertiary/aromatic N) is 1. The van der Waals surface area contributed by atoms with Crippen LogP contribution in [0.15, 0.2) is 23.1 Å². The molecule has 0 aromatic heterocycles. The van der Waals surface area contributed by atoms with E-state index in [0.29, 0.717) is 18.7 Å². The molecule has 0 aliphatic heterocycles. The summed E-state index contributed by atoms with van der Waals surface area (Å²) in [5.41, 5.74) is 1.12. The number of likely N-dealkylation sites (N-methyl/N-ethyl adjacent to an activating group) is 1. The summed E-state index contributed by atoms with van der Waals surface area (Å²) in [7, 11) is 1.89. The number of carbonyl (C=O) groups is 1. The highest BCUT2D eigenvalue weighted by molar-refractivity contribution is 7.99. The number of hydrogen-bond acceptors (Lipinski definition) is 4. The van der Waals surface area contributed by atoms with E-state index in [1.165, 1.54) is 0 Å². The van der Waals surface area contributed by atoms with E-state index in [1.54, 1.807) is 11.8 Å². The number of benzene rings is 1. The van der Waals surface area contributed by atoms with Crippen molar-refractivity contribution in [1.29, 1.82) is 0 Å². The molecule has 1 aromatic carbocycles. The van der Waals surface area contributed by atoms with Gasteiger partial charge in [0.25, 0.3) is 0 Å². The number of carboxylic acids is 1. The quantitative estimate of drug-likeness (QED) is 0.746. The molecule has 20 heavy (non-hydrogen) atoms. The van der Waals surface area contributed by atoms with Gasteiger partial charge in [0.2, 0.25) is 0 Å². The van der Waals surface area contributed by atoms with Crippen molar-refractivity contribution < 1.29 is 14.6 Å². The first-order valence-electron chi connectivity index (χ1n) is 6.79. The van der Waals surface area contributed by atoms with Crippen molar-refractivity contribution in [3.05, 3.63) is 23.8 Å². The highest BCUT2D eigenvalue weighted by atomic mass is 32.2. The van der Waals surface area contributed by atoms with E-state index in [2.05, 4.69) is 0 Å².